The maximum Gasteiger partial charge on any atom is 0.335 e. The van der Waals surface area contributed by atoms with E-state index in [-0.39, 0.29) is 25.9 Å². The molecule has 6 atom stereocenters. The predicted molar refractivity (Wildman–Crippen MR) is 312 cm³/mol. The summed E-state index contributed by atoms with van der Waals surface area (Å²) in [5.41, 5.74) is 0. The lowest BCUT2D eigenvalue weighted by Gasteiger charge is -2.40. The Morgan fingerprint density at radius 2 is 0.818 bits per heavy atom. The molecule has 0 aromatic heterocycles. The van der Waals surface area contributed by atoms with E-state index in [1.54, 1.807) is 0 Å². The number of carbonyl (C=O) groups excluding carboxylic acids is 3. The van der Waals surface area contributed by atoms with Crippen molar-refractivity contribution in [3.63, 3.8) is 0 Å². The van der Waals surface area contributed by atoms with E-state index in [1.807, 2.05) is 0 Å². The molecule has 1 aliphatic rings. The minimum atomic E-state index is -1.92. The molecule has 0 radical (unpaired) electrons. The number of esters is 3. The zero-order valence-corrected chi connectivity index (χ0v) is 48.4. The number of carboxylic acids is 1. The molecule has 0 aromatic carbocycles. The van der Waals surface area contributed by atoms with Crippen molar-refractivity contribution in [3.05, 3.63) is 85.1 Å². The van der Waals surface area contributed by atoms with Crippen LogP contribution in [0, 0.1) is 0 Å². The fourth-order valence-electron chi connectivity index (χ4n) is 8.84. The molecule has 0 aliphatic carbocycles. The predicted octanol–water partition coefficient (Wildman–Crippen LogP) is 15.9. The van der Waals surface area contributed by atoms with Gasteiger partial charge in [0.05, 0.1) is 6.61 Å². The molecule has 3 N–H and O–H groups in total. The van der Waals surface area contributed by atoms with Gasteiger partial charge in [-0.1, -0.05) is 228 Å². The first-order chi connectivity index (χ1) is 37.6. The molecule has 0 aromatic rings. The molecule has 0 amide bonds. The zero-order chi connectivity index (χ0) is 56.1. The summed E-state index contributed by atoms with van der Waals surface area (Å²) in [4.78, 5) is 51.2. The number of carbonyl (C=O) groups is 4. The number of hydrogen-bond donors (Lipinski definition) is 3. The molecule has 0 bridgehead atoms. The third-order valence-corrected chi connectivity index (χ3v) is 13.5. The van der Waals surface area contributed by atoms with E-state index in [2.05, 4.69) is 106 Å². The third kappa shape index (κ3) is 42.5. The van der Waals surface area contributed by atoms with Gasteiger partial charge in [0.25, 0.3) is 0 Å². The molecule has 1 rings (SSSR count). The number of aliphatic hydroxyl groups is 2. The molecule has 0 saturated carbocycles. The molecular weight excluding hydrogens is 973 g/mol. The van der Waals surface area contributed by atoms with Crippen LogP contribution in [0.3, 0.4) is 0 Å². The van der Waals surface area contributed by atoms with Crippen LogP contribution >= 0.6 is 0 Å². The van der Waals surface area contributed by atoms with Crippen LogP contribution < -0.4 is 0 Å². The molecule has 12 nitrogen and oxygen atoms in total. The second kappa shape index (κ2) is 52.6. The topological polar surface area (TPSA) is 175 Å². The Hall–Kier alpha value is -4.10. The van der Waals surface area contributed by atoms with Crippen LogP contribution in [0.4, 0.5) is 0 Å². The van der Waals surface area contributed by atoms with Gasteiger partial charge < -0.3 is 39.0 Å². The molecule has 440 valence electrons. The Morgan fingerprint density at radius 3 is 1.27 bits per heavy atom. The van der Waals surface area contributed by atoms with Crippen LogP contribution in [-0.4, -0.2) is 89.2 Å². The summed E-state index contributed by atoms with van der Waals surface area (Å²) in [6.07, 6.45) is 55.5. The molecule has 1 fully saturated rings. The Kier molecular flexibility index (Phi) is 48.4. The highest BCUT2D eigenvalue weighted by molar-refractivity contribution is 5.74. The van der Waals surface area contributed by atoms with E-state index < -0.39 is 67.3 Å². The van der Waals surface area contributed by atoms with Crippen molar-refractivity contribution in [2.24, 2.45) is 0 Å². The lowest BCUT2D eigenvalue weighted by Crippen LogP contribution is -2.61. The normalized spacial score (nSPS) is 18.6. The monoisotopic (exact) mass is 1080 g/mol. The maximum absolute atomic E-state index is 13.2. The van der Waals surface area contributed by atoms with Gasteiger partial charge in [0.1, 0.15) is 18.8 Å². The summed E-state index contributed by atoms with van der Waals surface area (Å²) < 4.78 is 28.4. The van der Waals surface area contributed by atoms with Crippen LogP contribution in [0.25, 0.3) is 0 Å². The Labute approximate surface area is 467 Å². The highest BCUT2D eigenvalue weighted by atomic mass is 16.7. The molecule has 0 spiro atoms. The molecule has 1 heterocycles. The van der Waals surface area contributed by atoms with E-state index in [9.17, 15) is 34.5 Å². The van der Waals surface area contributed by atoms with Crippen molar-refractivity contribution in [2.75, 3.05) is 13.2 Å². The van der Waals surface area contributed by atoms with E-state index in [0.29, 0.717) is 25.7 Å². The van der Waals surface area contributed by atoms with Crippen LogP contribution in [0.1, 0.15) is 252 Å². The van der Waals surface area contributed by atoms with E-state index >= 15 is 0 Å². The number of rotatable bonds is 51. The minimum Gasteiger partial charge on any atom is -0.479 e. The van der Waals surface area contributed by atoms with Gasteiger partial charge in [-0.2, -0.15) is 0 Å². The van der Waals surface area contributed by atoms with Crippen molar-refractivity contribution in [2.45, 2.75) is 289 Å². The van der Waals surface area contributed by atoms with Crippen LogP contribution in [-0.2, 0) is 42.9 Å². The number of carboxylic acid groups (broad SMARTS) is 1. The largest absolute Gasteiger partial charge is 0.479 e. The van der Waals surface area contributed by atoms with Crippen LogP contribution in [0.15, 0.2) is 85.1 Å². The number of aliphatic carboxylic acids is 1. The van der Waals surface area contributed by atoms with Gasteiger partial charge in [-0.3, -0.25) is 14.4 Å². The number of aliphatic hydroxyl groups excluding tert-OH is 2. The number of hydrogen-bond acceptors (Lipinski definition) is 11. The average Bonchev–Trinajstić information content (AvgIpc) is 3.43. The Morgan fingerprint density at radius 1 is 0.442 bits per heavy atom. The number of unbranched alkanes of at least 4 members (excludes halogenated alkanes) is 23. The van der Waals surface area contributed by atoms with Gasteiger partial charge in [-0.05, 0) is 89.9 Å². The van der Waals surface area contributed by atoms with Gasteiger partial charge in [-0.15, -0.1) is 0 Å². The highest BCUT2D eigenvalue weighted by Crippen LogP contribution is 2.26. The van der Waals surface area contributed by atoms with Gasteiger partial charge in [0, 0.05) is 19.3 Å². The molecule has 1 saturated heterocycles. The molecule has 12 heteroatoms. The summed E-state index contributed by atoms with van der Waals surface area (Å²) in [7, 11) is 0. The van der Waals surface area contributed by atoms with Gasteiger partial charge in [-0.25, -0.2) is 4.79 Å². The zero-order valence-electron chi connectivity index (χ0n) is 48.4. The summed E-state index contributed by atoms with van der Waals surface area (Å²) in [6, 6.07) is 0. The van der Waals surface area contributed by atoms with Gasteiger partial charge >= 0.3 is 23.9 Å². The van der Waals surface area contributed by atoms with Crippen LogP contribution in [0.5, 0.6) is 0 Å². The second-order valence-electron chi connectivity index (χ2n) is 20.6. The van der Waals surface area contributed by atoms with E-state index in [1.165, 1.54) is 83.5 Å². The standard InChI is InChI=1S/C65H108O12/c1-4-7-10-13-16-19-22-25-28-29-32-33-36-39-42-45-48-51-57(66)73-54-56(75-58(67)52-49-46-43-40-37-34-30-26-23-20-17-14-11-8-5-2)55-74-65-63(61(70)60(69)62(77-65)64(71)72)76-59(68)53-50-47-44-41-38-35-31-27-24-21-18-15-12-9-6-3/h8-9,11-12,17-18,20-21,26-27,30-31,38,41,56,60-63,65,69-70H,4-7,10,13-16,19,22-25,28-29,32-37,39-40,42-55H2,1-3H3,(H,71,72)/b11-8-,12-9-,20-17-,21-18-,30-26-,31-27-,41-38-. The summed E-state index contributed by atoms with van der Waals surface area (Å²) in [6.45, 7) is 5.75. The summed E-state index contributed by atoms with van der Waals surface area (Å²) in [5.74, 6) is -3.19. The first-order valence-electron chi connectivity index (χ1n) is 30.6. The third-order valence-electron chi connectivity index (χ3n) is 13.5. The smallest absolute Gasteiger partial charge is 0.335 e. The molecule has 6 unspecified atom stereocenters. The van der Waals surface area contributed by atoms with E-state index in [0.717, 1.165) is 103 Å². The lowest BCUT2D eigenvalue weighted by atomic mass is 9.98. The number of allylic oxidation sites excluding steroid dienone is 14. The highest BCUT2D eigenvalue weighted by Gasteiger charge is 2.50. The van der Waals surface area contributed by atoms with Gasteiger partial charge in [0.2, 0.25) is 0 Å². The van der Waals surface area contributed by atoms with Crippen molar-refractivity contribution in [3.8, 4) is 0 Å². The first-order valence-corrected chi connectivity index (χ1v) is 30.6. The summed E-state index contributed by atoms with van der Waals surface area (Å²) >= 11 is 0. The Balaban J connectivity index is 2.71. The quantitative estimate of drug-likeness (QED) is 0.0228. The van der Waals surface area contributed by atoms with Crippen molar-refractivity contribution >= 4 is 23.9 Å². The molecule has 1 aliphatic heterocycles. The Bertz CT molecular complexity index is 1660. The number of ether oxygens (including phenoxy) is 5. The maximum atomic E-state index is 13.2. The fourth-order valence-corrected chi connectivity index (χ4v) is 8.84. The molecular formula is C65H108O12. The summed E-state index contributed by atoms with van der Waals surface area (Å²) in [5, 5.41) is 31.5. The first kappa shape index (κ1) is 70.9. The minimum absolute atomic E-state index is 0.00401. The average molecular weight is 1080 g/mol. The molecule has 77 heavy (non-hydrogen) atoms. The van der Waals surface area contributed by atoms with Crippen LogP contribution in [0.2, 0.25) is 0 Å². The van der Waals surface area contributed by atoms with Gasteiger partial charge in [0.15, 0.2) is 24.6 Å². The van der Waals surface area contributed by atoms with Crippen molar-refractivity contribution < 1.29 is 58.2 Å². The van der Waals surface area contributed by atoms with Crippen molar-refractivity contribution in [1.29, 1.82) is 0 Å². The SMILES string of the molecule is CC/C=C\C/C=C\C/C=C\C/C=C\CCCCC(=O)OC1C(OCC(COC(=O)CCCCCCCCCCCCCCCCCCC)OC(=O)CCCCCCC/C=C\C/C=C\C/C=C\CC)OC(C(=O)O)C(O)C1O. The lowest BCUT2D eigenvalue weighted by molar-refractivity contribution is -0.301. The van der Waals surface area contributed by atoms with Crippen molar-refractivity contribution in [1.82, 2.24) is 0 Å². The van der Waals surface area contributed by atoms with E-state index in [4.69, 9.17) is 23.7 Å². The fraction of sp³-hybridized carbons (Fsp3) is 0.723. The second-order valence-corrected chi connectivity index (χ2v) is 20.6.